The zero-order valence-corrected chi connectivity index (χ0v) is 19.5. The fourth-order valence-corrected chi connectivity index (χ4v) is 4.53. The smallest absolute Gasteiger partial charge is 0.214 e. The lowest BCUT2D eigenvalue weighted by atomic mass is 9.90. The number of ether oxygens (including phenoxy) is 2. The Hall–Kier alpha value is -3.03. The monoisotopic (exact) mass is 514 g/mol. The third kappa shape index (κ3) is 4.59. The normalized spacial score (nSPS) is 12.0. The van der Waals surface area contributed by atoms with Crippen LogP contribution in [0.1, 0.15) is 22.6 Å². The highest BCUT2D eigenvalue weighted by Gasteiger charge is 2.26. The van der Waals surface area contributed by atoms with Crippen LogP contribution in [0.3, 0.4) is 0 Å². The Morgan fingerprint density at radius 2 is 1.91 bits per heavy atom. The Labute approximate surface area is 198 Å². The minimum absolute atomic E-state index is 0.253. The van der Waals surface area contributed by atoms with Crippen molar-refractivity contribution >= 4 is 38.4 Å². The van der Waals surface area contributed by atoms with Crippen molar-refractivity contribution in [1.82, 2.24) is 4.98 Å². The highest BCUT2D eigenvalue weighted by molar-refractivity contribution is 9.10. The Bertz CT molecular complexity index is 1270. The first-order valence-electron chi connectivity index (χ1n) is 9.89. The van der Waals surface area contributed by atoms with Crippen LogP contribution in [-0.2, 0) is 6.61 Å². The summed E-state index contributed by atoms with van der Waals surface area (Å²) in [5, 5.41) is 13.1. The number of hydrogen-bond donors (Lipinski definition) is 1. The van der Waals surface area contributed by atoms with Gasteiger partial charge in [0.05, 0.1) is 17.5 Å². The van der Waals surface area contributed by atoms with Crippen LogP contribution in [-0.4, -0.2) is 23.6 Å². The standard InChI is InChI=1S/C24H20BrClN2O4/c1-31-23-11-16(10-20(25)24(23)32-14-15-6-2-4-8-21(15)26)19(13-28(29)30)18-12-27-22-9-5-3-7-17(18)22/h2-12,19,27H,13-14H2,1H3/t19-/m0/s1. The second-order valence-corrected chi connectivity index (χ2v) is 8.53. The van der Waals surface area contributed by atoms with Gasteiger partial charge in [-0.1, -0.05) is 48.0 Å². The van der Waals surface area contributed by atoms with Gasteiger partial charge in [0.2, 0.25) is 6.54 Å². The summed E-state index contributed by atoms with van der Waals surface area (Å²) in [5.41, 5.74) is 3.38. The van der Waals surface area contributed by atoms with Crippen LogP contribution in [0.5, 0.6) is 11.5 Å². The van der Waals surface area contributed by atoms with E-state index in [9.17, 15) is 10.1 Å². The number of nitrogens with zero attached hydrogens (tertiary/aromatic N) is 1. The summed E-state index contributed by atoms with van der Waals surface area (Å²) >= 11 is 9.80. The Morgan fingerprint density at radius 1 is 1.16 bits per heavy atom. The van der Waals surface area contributed by atoms with Crippen molar-refractivity contribution in [2.45, 2.75) is 12.5 Å². The van der Waals surface area contributed by atoms with Gasteiger partial charge in [-0.2, -0.15) is 0 Å². The number of halogens is 2. The summed E-state index contributed by atoms with van der Waals surface area (Å²) in [6, 6.07) is 18.8. The van der Waals surface area contributed by atoms with Gasteiger partial charge in [0.15, 0.2) is 11.5 Å². The van der Waals surface area contributed by atoms with Crippen molar-refractivity contribution < 1.29 is 14.4 Å². The maximum absolute atomic E-state index is 11.5. The topological polar surface area (TPSA) is 77.4 Å². The SMILES string of the molecule is COc1cc([C@H](C[N+](=O)[O-])c2c[nH]c3ccccc23)cc(Br)c1OCc1ccccc1Cl. The average molecular weight is 516 g/mol. The van der Waals surface area contributed by atoms with E-state index in [2.05, 4.69) is 20.9 Å². The zero-order valence-electron chi connectivity index (χ0n) is 17.2. The molecular formula is C24H20BrClN2O4. The number of fused-ring (bicyclic) bond motifs is 1. The molecule has 0 saturated carbocycles. The van der Waals surface area contributed by atoms with Crippen molar-refractivity contribution in [2.24, 2.45) is 0 Å². The molecule has 0 aliphatic carbocycles. The zero-order chi connectivity index (χ0) is 22.7. The van der Waals surface area contributed by atoms with Gasteiger partial charge in [-0.15, -0.1) is 0 Å². The lowest BCUT2D eigenvalue weighted by Gasteiger charge is -2.18. The quantitative estimate of drug-likeness (QED) is 0.212. The molecule has 0 aliphatic heterocycles. The minimum Gasteiger partial charge on any atom is -0.493 e. The largest absolute Gasteiger partial charge is 0.493 e. The van der Waals surface area contributed by atoms with Gasteiger partial charge in [0.1, 0.15) is 6.61 Å². The second-order valence-electron chi connectivity index (χ2n) is 7.27. The number of benzene rings is 3. The van der Waals surface area contributed by atoms with Crippen LogP contribution in [0, 0.1) is 10.1 Å². The van der Waals surface area contributed by atoms with Gasteiger partial charge in [0.25, 0.3) is 0 Å². The van der Waals surface area contributed by atoms with Gasteiger partial charge in [-0.05, 0) is 51.3 Å². The molecule has 1 aromatic heterocycles. The molecule has 4 aromatic rings. The van der Waals surface area contributed by atoms with Crippen molar-refractivity contribution in [3.05, 3.63) is 103 Å². The number of rotatable bonds is 8. The van der Waals surface area contributed by atoms with Gasteiger partial charge in [-0.3, -0.25) is 10.1 Å². The van der Waals surface area contributed by atoms with E-state index in [0.29, 0.717) is 21.0 Å². The fraction of sp³-hybridized carbons (Fsp3) is 0.167. The van der Waals surface area contributed by atoms with Crippen LogP contribution in [0.15, 0.2) is 71.3 Å². The summed E-state index contributed by atoms with van der Waals surface area (Å²) in [4.78, 5) is 14.4. The van der Waals surface area contributed by atoms with Crippen LogP contribution >= 0.6 is 27.5 Å². The summed E-state index contributed by atoms with van der Waals surface area (Å²) < 4.78 is 12.2. The first-order chi connectivity index (χ1) is 15.5. The minimum atomic E-state index is -0.469. The molecule has 0 unspecified atom stereocenters. The molecule has 4 rings (SSSR count). The summed E-state index contributed by atoms with van der Waals surface area (Å²) in [7, 11) is 1.54. The Balaban J connectivity index is 1.72. The van der Waals surface area contributed by atoms with Crippen LogP contribution in [0.2, 0.25) is 5.02 Å². The number of H-pyrrole nitrogens is 1. The summed E-state index contributed by atoms with van der Waals surface area (Å²) in [6.45, 7) is 0.00598. The van der Waals surface area contributed by atoms with Crippen molar-refractivity contribution in [3.8, 4) is 11.5 Å². The third-order valence-corrected chi connectivity index (χ3v) is 6.27. The van der Waals surface area contributed by atoms with Gasteiger partial charge >= 0.3 is 0 Å². The molecule has 6 nitrogen and oxygen atoms in total. The molecule has 1 N–H and O–H groups in total. The lowest BCUT2D eigenvalue weighted by molar-refractivity contribution is -0.481. The number of methoxy groups -OCH3 is 1. The Morgan fingerprint density at radius 3 is 2.66 bits per heavy atom. The molecule has 0 bridgehead atoms. The maximum Gasteiger partial charge on any atom is 0.214 e. The van der Waals surface area contributed by atoms with E-state index in [0.717, 1.165) is 27.6 Å². The van der Waals surface area contributed by atoms with Crippen molar-refractivity contribution in [2.75, 3.05) is 13.7 Å². The molecule has 164 valence electrons. The van der Waals surface area contributed by atoms with E-state index < -0.39 is 5.92 Å². The van der Waals surface area contributed by atoms with E-state index in [1.807, 2.05) is 54.7 Å². The summed E-state index contributed by atoms with van der Waals surface area (Å²) in [5.74, 6) is 0.522. The number of aromatic amines is 1. The van der Waals surface area contributed by atoms with Gasteiger partial charge in [0, 0.05) is 32.6 Å². The van der Waals surface area contributed by atoms with Crippen LogP contribution < -0.4 is 9.47 Å². The molecule has 0 amide bonds. The molecule has 8 heteroatoms. The predicted octanol–water partition coefficient (Wildman–Crippen LogP) is 6.58. The highest BCUT2D eigenvalue weighted by atomic mass is 79.9. The number of nitrogens with one attached hydrogen (secondary N) is 1. The Kier molecular flexibility index (Phi) is 6.67. The molecule has 1 heterocycles. The van der Waals surface area contributed by atoms with Crippen molar-refractivity contribution in [3.63, 3.8) is 0 Å². The van der Waals surface area contributed by atoms with E-state index in [1.54, 1.807) is 19.2 Å². The average Bonchev–Trinajstić information content (AvgIpc) is 3.21. The molecule has 0 spiro atoms. The second kappa shape index (κ2) is 9.63. The number of aromatic nitrogens is 1. The molecule has 32 heavy (non-hydrogen) atoms. The first-order valence-corrected chi connectivity index (χ1v) is 11.1. The van der Waals surface area contributed by atoms with Gasteiger partial charge < -0.3 is 14.5 Å². The van der Waals surface area contributed by atoms with Crippen LogP contribution in [0.25, 0.3) is 10.9 Å². The van der Waals surface area contributed by atoms with E-state index in [-0.39, 0.29) is 18.1 Å². The first kappa shape index (κ1) is 22.2. The predicted molar refractivity (Wildman–Crippen MR) is 128 cm³/mol. The number of nitro groups is 1. The molecule has 0 aliphatic rings. The molecule has 3 aromatic carbocycles. The maximum atomic E-state index is 11.5. The molecular weight excluding hydrogens is 496 g/mol. The third-order valence-electron chi connectivity index (χ3n) is 5.31. The van der Waals surface area contributed by atoms with Crippen LogP contribution in [0.4, 0.5) is 0 Å². The fourth-order valence-electron chi connectivity index (χ4n) is 3.76. The molecule has 1 atom stereocenters. The summed E-state index contributed by atoms with van der Waals surface area (Å²) in [6.07, 6.45) is 1.83. The number of hydrogen-bond acceptors (Lipinski definition) is 4. The van der Waals surface area contributed by atoms with Gasteiger partial charge in [-0.25, -0.2) is 0 Å². The van der Waals surface area contributed by atoms with E-state index in [4.69, 9.17) is 21.1 Å². The lowest BCUT2D eigenvalue weighted by Crippen LogP contribution is -2.14. The van der Waals surface area contributed by atoms with E-state index >= 15 is 0 Å². The molecule has 0 fully saturated rings. The van der Waals surface area contributed by atoms with E-state index in [1.165, 1.54) is 0 Å². The van der Waals surface area contributed by atoms with Crippen molar-refractivity contribution in [1.29, 1.82) is 0 Å². The molecule has 0 radical (unpaired) electrons. The highest BCUT2D eigenvalue weighted by Crippen LogP contribution is 2.41. The number of para-hydroxylation sites is 1. The molecule has 0 saturated heterocycles.